The van der Waals surface area contributed by atoms with Crippen LogP contribution in [0.2, 0.25) is 5.02 Å². The van der Waals surface area contributed by atoms with Crippen molar-refractivity contribution in [1.82, 2.24) is 10.2 Å². The fourth-order valence-corrected chi connectivity index (χ4v) is 4.55. The number of rotatable bonds is 4. The van der Waals surface area contributed by atoms with Crippen LogP contribution in [-0.2, 0) is 4.79 Å². The number of hydrogen-bond donors (Lipinski definition) is 1. The quantitative estimate of drug-likeness (QED) is 0.713. The second kappa shape index (κ2) is 11.4. The van der Waals surface area contributed by atoms with Gasteiger partial charge in [-0.2, -0.15) is 0 Å². The zero-order chi connectivity index (χ0) is 20.5. The molecule has 3 rings (SSSR count). The molecule has 2 aliphatic rings. The Kier molecular flexibility index (Phi) is 8.66. The van der Waals surface area contributed by atoms with Crippen LogP contribution in [0.5, 0.6) is 0 Å². The molecule has 0 unspecified atom stereocenters. The van der Waals surface area contributed by atoms with Gasteiger partial charge < -0.3 is 10.2 Å². The maximum atomic E-state index is 12.7. The largest absolute Gasteiger partial charge is 0.352 e. The second-order valence-electron chi connectivity index (χ2n) is 8.36. The van der Waals surface area contributed by atoms with Crippen LogP contribution in [0, 0.1) is 0 Å². The lowest BCUT2D eigenvalue weighted by molar-refractivity contribution is -0.122. The normalized spacial score (nSPS) is 20.2. The van der Waals surface area contributed by atoms with E-state index in [-0.39, 0.29) is 24.5 Å². The summed E-state index contributed by atoms with van der Waals surface area (Å²) in [5.74, 6) is -0.0385. The minimum absolute atomic E-state index is 0.0385. The fourth-order valence-electron chi connectivity index (χ4n) is 4.37. The molecule has 1 saturated heterocycles. The van der Waals surface area contributed by atoms with Crippen molar-refractivity contribution in [3.05, 3.63) is 29.3 Å². The van der Waals surface area contributed by atoms with Crippen molar-refractivity contribution in [3.8, 4) is 0 Å². The Bertz CT molecular complexity index is 670. The van der Waals surface area contributed by atoms with Gasteiger partial charge in [-0.3, -0.25) is 9.69 Å². The molecule has 1 aliphatic heterocycles. The van der Waals surface area contributed by atoms with Crippen molar-refractivity contribution >= 4 is 29.2 Å². The number of amides is 3. The number of carbonyl (C=O) groups is 2. The van der Waals surface area contributed by atoms with Gasteiger partial charge >= 0.3 is 6.03 Å². The number of hydrogen-bond acceptors (Lipinski definition) is 2. The molecule has 0 aromatic heterocycles. The van der Waals surface area contributed by atoms with E-state index in [1.165, 1.54) is 57.8 Å². The summed E-state index contributed by atoms with van der Waals surface area (Å²) in [4.78, 5) is 28.7. The van der Waals surface area contributed by atoms with Gasteiger partial charge in [-0.15, -0.1) is 0 Å². The lowest BCUT2D eigenvalue weighted by atomic mass is 9.98. The van der Waals surface area contributed by atoms with Crippen LogP contribution in [0.3, 0.4) is 0 Å². The predicted octanol–water partition coefficient (Wildman–Crippen LogP) is 5.37. The van der Waals surface area contributed by atoms with Crippen molar-refractivity contribution in [1.29, 1.82) is 0 Å². The zero-order valence-electron chi connectivity index (χ0n) is 17.4. The number of halogens is 1. The number of benzene rings is 1. The van der Waals surface area contributed by atoms with Crippen LogP contribution in [-0.4, -0.2) is 42.5 Å². The van der Waals surface area contributed by atoms with Crippen LogP contribution in [0.1, 0.15) is 70.6 Å². The molecule has 29 heavy (non-hydrogen) atoms. The molecular formula is C23H34ClN3O2. The molecule has 6 heteroatoms. The standard InChI is InChI=1S/C23H34ClN3O2/c24-19-11-10-14-21(17-19)27-16-15-26(23(27)29)18-22(28)25-20-12-8-6-4-2-1-3-5-7-9-13-20/h10-11,14,17,20H,1-9,12-13,15-16,18H2,(H,25,28). The summed E-state index contributed by atoms with van der Waals surface area (Å²) in [5.41, 5.74) is 0.782. The summed E-state index contributed by atoms with van der Waals surface area (Å²) in [7, 11) is 0. The van der Waals surface area contributed by atoms with Gasteiger partial charge in [-0.05, 0) is 31.0 Å². The lowest BCUT2D eigenvalue weighted by Gasteiger charge is -2.22. The number of anilines is 1. The number of nitrogens with one attached hydrogen (secondary N) is 1. The van der Waals surface area contributed by atoms with E-state index in [4.69, 9.17) is 11.6 Å². The van der Waals surface area contributed by atoms with Crippen LogP contribution < -0.4 is 10.2 Å². The minimum Gasteiger partial charge on any atom is -0.352 e. The Hall–Kier alpha value is -1.75. The highest BCUT2D eigenvalue weighted by Crippen LogP contribution is 2.23. The molecule has 1 N–H and O–H groups in total. The number of nitrogens with zero attached hydrogens (tertiary/aromatic N) is 2. The predicted molar refractivity (Wildman–Crippen MR) is 118 cm³/mol. The SMILES string of the molecule is O=C(CN1CCN(c2cccc(Cl)c2)C1=O)NC1CCCCCCCCCCC1. The average Bonchev–Trinajstić information content (AvgIpc) is 3.04. The van der Waals surface area contributed by atoms with Gasteiger partial charge in [0.1, 0.15) is 6.54 Å². The van der Waals surface area contributed by atoms with Gasteiger partial charge in [0, 0.05) is 29.8 Å². The van der Waals surface area contributed by atoms with Gasteiger partial charge in [-0.1, -0.05) is 75.5 Å². The maximum absolute atomic E-state index is 12.7. The van der Waals surface area contributed by atoms with Crippen LogP contribution in [0.15, 0.2) is 24.3 Å². The Labute approximate surface area is 179 Å². The molecule has 1 aliphatic carbocycles. The Morgan fingerprint density at radius 2 is 1.59 bits per heavy atom. The molecule has 160 valence electrons. The van der Waals surface area contributed by atoms with Crippen molar-refractivity contribution in [3.63, 3.8) is 0 Å². The van der Waals surface area contributed by atoms with Crippen molar-refractivity contribution < 1.29 is 9.59 Å². The van der Waals surface area contributed by atoms with Gasteiger partial charge in [0.2, 0.25) is 5.91 Å². The molecule has 0 bridgehead atoms. The molecule has 0 atom stereocenters. The monoisotopic (exact) mass is 419 g/mol. The summed E-state index contributed by atoms with van der Waals surface area (Å²) in [5, 5.41) is 3.82. The van der Waals surface area contributed by atoms with Crippen LogP contribution in [0.4, 0.5) is 10.5 Å². The molecule has 1 saturated carbocycles. The zero-order valence-corrected chi connectivity index (χ0v) is 18.1. The van der Waals surface area contributed by atoms with Gasteiger partial charge in [0.05, 0.1) is 0 Å². The third kappa shape index (κ3) is 6.91. The summed E-state index contributed by atoms with van der Waals surface area (Å²) in [6.07, 6.45) is 13.6. The summed E-state index contributed by atoms with van der Waals surface area (Å²) in [6, 6.07) is 7.40. The van der Waals surface area contributed by atoms with E-state index in [0.29, 0.717) is 18.1 Å². The van der Waals surface area contributed by atoms with E-state index >= 15 is 0 Å². The summed E-state index contributed by atoms with van der Waals surface area (Å²) < 4.78 is 0. The molecule has 1 heterocycles. The van der Waals surface area contributed by atoms with E-state index in [9.17, 15) is 9.59 Å². The van der Waals surface area contributed by atoms with Crippen molar-refractivity contribution in [2.75, 3.05) is 24.5 Å². The average molecular weight is 420 g/mol. The lowest BCUT2D eigenvalue weighted by Crippen LogP contribution is -2.43. The first-order chi connectivity index (χ1) is 14.1. The Balaban J connectivity index is 1.49. The highest BCUT2D eigenvalue weighted by atomic mass is 35.5. The molecule has 2 fully saturated rings. The topological polar surface area (TPSA) is 52.7 Å². The highest BCUT2D eigenvalue weighted by Gasteiger charge is 2.31. The Morgan fingerprint density at radius 3 is 2.21 bits per heavy atom. The molecule has 0 spiro atoms. The molecule has 1 aromatic rings. The van der Waals surface area contributed by atoms with E-state index in [1.807, 2.05) is 12.1 Å². The van der Waals surface area contributed by atoms with E-state index in [0.717, 1.165) is 18.5 Å². The summed E-state index contributed by atoms with van der Waals surface area (Å²) in [6.45, 7) is 1.27. The fraction of sp³-hybridized carbons (Fsp3) is 0.652. The van der Waals surface area contributed by atoms with Crippen molar-refractivity contribution in [2.45, 2.75) is 76.7 Å². The van der Waals surface area contributed by atoms with E-state index in [2.05, 4.69) is 5.32 Å². The number of carbonyl (C=O) groups excluding carboxylic acids is 2. The summed E-state index contributed by atoms with van der Waals surface area (Å²) >= 11 is 6.05. The van der Waals surface area contributed by atoms with Gasteiger partial charge in [-0.25, -0.2) is 4.79 Å². The third-order valence-corrected chi connectivity index (χ3v) is 6.25. The molecule has 1 aromatic carbocycles. The minimum atomic E-state index is -0.124. The third-order valence-electron chi connectivity index (χ3n) is 6.02. The van der Waals surface area contributed by atoms with Crippen molar-refractivity contribution in [2.24, 2.45) is 0 Å². The first kappa shape index (κ1) is 21.9. The smallest absolute Gasteiger partial charge is 0.325 e. The van der Waals surface area contributed by atoms with Crippen LogP contribution >= 0.6 is 11.6 Å². The molecule has 0 radical (unpaired) electrons. The Morgan fingerprint density at radius 1 is 0.966 bits per heavy atom. The van der Waals surface area contributed by atoms with E-state index in [1.54, 1.807) is 21.9 Å². The van der Waals surface area contributed by atoms with Gasteiger partial charge in [0.25, 0.3) is 0 Å². The number of urea groups is 1. The maximum Gasteiger partial charge on any atom is 0.325 e. The second-order valence-corrected chi connectivity index (χ2v) is 8.80. The highest BCUT2D eigenvalue weighted by molar-refractivity contribution is 6.30. The molecule has 3 amide bonds. The first-order valence-corrected chi connectivity index (χ1v) is 11.6. The van der Waals surface area contributed by atoms with Crippen LogP contribution in [0.25, 0.3) is 0 Å². The first-order valence-electron chi connectivity index (χ1n) is 11.2. The van der Waals surface area contributed by atoms with Gasteiger partial charge in [0.15, 0.2) is 0 Å². The molecular weight excluding hydrogens is 386 g/mol. The van der Waals surface area contributed by atoms with E-state index < -0.39 is 0 Å². The molecule has 5 nitrogen and oxygen atoms in total.